The number of piperidine rings is 1. The van der Waals surface area contributed by atoms with Crippen LogP contribution in [0.2, 0.25) is 0 Å². The number of benzene rings is 1. The second-order valence-electron chi connectivity index (χ2n) is 5.46. The number of hydrogen-bond acceptors (Lipinski definition) is 6. The van der Waals surface area contributed by atoms with Crippen molar-refractivity contribution >= 4 is 23.7 Å². The number of amides is 3. The van der Waals surface area contributed by atoms with Crippen molar-refractivity contribution in [2.75, 3.05) is 6.61 Å². The number of nitrogens with zero attached hydrogens (tertiary/aromatic N) is 1. The summed E-state index contributed by atoms with van der Waals surface area (Å²) >= 11 is 0. The van der Waals surface area contributed by atoms with Crippen LogP contribution in [-0.2, 0) is 9.59 Å². The molecule has 0 saturated carbocycles. The van der Waals surface area contributed by atoms with Gasteiger partial charge < -0.3 is 20.3 Å². The van der Waals surface area contributed by atoms with Crippen LogP contribution in [0.4, 0.5) is 0 Å². The van der Waals surface area contributed by atoms with Gasteiger partial charge in [0, 0.05) is 0 Å². The van der Waals surface area contributed by atoms with E-state index in [4.69, 9.17) is 9.84 Å². The largest absolute Gasteiger partial charge is 0.481 e. The molecule has 0 aliphatic carbocycles. The molecular formula is C15H14N2O7. The fourth-order valence-corrected chi connectivity index (χ4v) is 2.84. The van der Waals surface area contributed by atoms with Crippen LogP contribution in [0.1, 0.15) is 33.6 Å². The average molecular weight is 334 g/mol. The van der Waals surface area contributed by atoms with Crippen molar-refractivity contribution in [2.24, 2.45) is 0 Å². The minimum atomic E-state index is -1.22. The Morgan fingerprint density at radius 1 is 1.25 bits per heavy atom. The Morgan fingerprint density at radius 2 is 2.00 bits per heavy atom. The third-order valence-corrected chi connectivity index (χ3v) is 3.90. The van der Waals surface area contributed by atoms with Gasteiger partial charge in [-0.05, 0) is 25.0 Å². The van der Waals surface area contributed by atoms with Crippen LogP contribution < -0.4 is 10.1 Å². The quantitative estimate of drug-likeness (QED) is 0.623. The Labute approximate surface area is 135 Å². The van der Waals surface area contributed by atoms with Crippen LogP contribution in [0.15, 0.2) is 18.2 Å². The van der Waals surface area contributed by atoms with Gasteiger partial charge in [0.15, 0.2) is 6.61 Å². The van der Waals surface area contributed by atoms with Crippen LogP contribution in [0.25, 0.3) is 0 Å². The second-order valence-corrected chi connectivity index (χ2v) is 5.46. The SMILES string of the molecule is O=C(O)COc1cccc2c1C(=O)N(C1CCC(O)NC1=O)C2=O. The van der Waals surface area contributed by atoms with E-state index in [0.29, 0.717) is 0 Å². The molecule has 0 bridgehead atoms. The van der Waals surface area contributed by atoms with Crippen molar-refractivity contribution in [3.05, 3.63) is 29.3 Å². The fourth-order valence-electron chi connectivity index (χ4n) is 2.84. The van der Waals surface area contributed by atoms with Gasteiger partial charge in [-0.1, -0.05) is 6.07 Å². The summed E-state index contributed by atoms with van der Waals surface area (Å²) in [4.78, 5) is 48.6. The van der Waals surface area contributed by atoms with Gasteiger partial charge in [0.25, 0.3) is 11.8 Å². The number of aliphatic carboxylic acids is 1. The second kappa shape index (κ2) is 5.93. The molecule has 1 aromatic rings. The van der Waals surface area contributed by atoms with Gasteiger partial charge in [0.05, 0.1) is 11.1 Å². The van der Waals surface area contributed by atoms with Gasteiger partial charge >= 0.3 is 5.97 Å². The first kappa shape index (κ1) is 15.9. The molecule has 0 aromatic heterocycles. The molecule has 2 unspecified atom stereocenters. The number of carbonyl (C=O) groups is 4. The fraction of sp³-hybridized carbons (Fsp3) is 0.333. The summed E-state index contributed by atoms with van der Waals surface area (Å²) in [5.74, 6) is -3.22. The van der Waals surface area contributed by atoms with E-state index in [1.165, 1.54) is 18.2 Å². The van der Waals surface area contributed by atoms with Crippen molar-refractivity contribution in [2.45, 2.75) is 25.1 Å². The zero-order valence-corrected chi connectivity index (χ0v) is 12.4. The number of fused-ring (bicyclic) bond motifs is 1. The molecule has 2 aliphatic heterocycles. The Balaban J connectivity index is 1.92. The van der Waals surface area contributed by atoms with Crippen LogP contribution in [0.3, 0.4) is 0 Å². The van der Waals surface area contributed by atoms with E-state index >= 15 is 0 Å². The van der Waals surface area contributed by atoms with E-state index < -0.39 is 42.6 Å². The molecule has 3 rings (SSSR count). The molecule has 1 fully saturated rings. The van der Waals surface area contributed by atoms with E-state index in [9.17, 15) is 24.3 Å². The Kier molecular flexibility index (Phi) is 3.94. The van der Waals surface area contributed by atoms with E-state index in [1.807, 2.05) is 0 Å². The number of imide groups is 1. The summed E-state index contributed by atoms with van der Waals surface area (Å²) in [6.07, 6.45) is -0.644. The molecule has 1 saturated heterocycles. The van der Waals surface area contributed by atoms with Crippen LogP contribution in [-0.4, -0.2) is 57.7 Å². The molecule has 3 N–H and O–H groups in total. The van der Waals surface area contributed by atoms with Gasteiger partial charge in [-0.25, -0.2) is 4.79 Å². The first-order chi connectivity index (χ1) is 11.4. The van der Waals surface area contributed by atoms with Gasteiger partial charge in [-0.3, -0.25) is 19.3 Å². The highest BCUT2D eigenvalue weighted by atomic mass is 16.5. The minimum absolute atomic E-state index is 0.0213. The van der Waals surface area contributed by atoms with Gasteiger partial charge in [-0.15, -0.1) is 0 Å². The molecule has 0 spiro atoms. The predicted molar refractivity (Wildman–Crippen MR) is 77.2 cm³/mol. The van der Waals surface area contributed by atoms with E-state index in [1.54, 1.807) is 0 Å². The predicted octanol–water partition coefficient (Wildman–Crippen LogP) is -0.657. The molecule has 2 aliphatic rings. The zero-order valence-electron chi connectivity index (χ0n) is 12.4. The van der Waals surface area contributed by atoms with Crippen molar-refractivity contribution in [1.82, 2.24) is 10.2 Å². The Hall–Kier alpha value is -2.94. The van der Waals surface area contributed by atoms with E-state index in [2.05, 4.69) is 5.32 Å². The molecule has 0 radical (unpaired) electrons. The minimum Gasteiger partial charge on any atom is -0.481 e. The third kappa shape index (κ3) is 2.58. The molecule has 1 aromatic carbocycles. The highest BCUT2D eigenvalue weighted by molar-refractivity contribution is 6.24. The number of carboxylic acid groups (broad SMARTS) is 1. The first-order valence-corrected chi connectivity index (χ1v) is 7.24. The van der Waals surface area contributed by atoms with Crippen molar-refractivity contribution < 1.29 is 34.1 Å². The van der Waals surface area contributed by atoms with Crippen LogP contribution in [0.5, 0.6) is 5.75 Å². The molecule has 2 atom stereocenters. The molecule has 9 nitrogen and oxygen atoms in total. The van der Waals surface area contributed by atoms with Gasteiger partial charge in [0.1, 0.15) is 18.0 Å². The Morgan fingerprint density at radius 3 is 2.67 bits per heavy atom. The summed E-state index contributed by atoms with van der Waals surface area (Å²) in [7, 11) is 0. The van der Waals surface area contributed by atoms with Crippen molar-refractivity contribution in [3.63, 3.8) is 0 Å². The number of ether oxygens (including phenoxy) is 1. The maximum Gasteiger partial charge on any atom is 0.341 e. The smallest absolute Gasteiger partial charge is 0.341 e. The number of aliphatic hydroxyl groups excluding tert-OH is 1. The van der Waals surface area contributed by atoms with E-state index in [0.717, 1.165) is 4.90 Å². The lowest BCUT2D eigenvalue weighted by atomic mass is 10.0. The lowest BCUT2D eigenvalue weighted by Crippen LogP contribution is -2.55. The Bertz CT molecular complexity index is 745. The number of carbonyl (C=O) groups excluding carboxylic acids is 3. The summed E-state index contributed by atoms with van der Waals surface area (Å²) in [6, 6.07) is 3.25. The first-order valence-electron chi connectivity index (χ1n) is 7.24. The molecule has 2 heterocycles. The topological polar surface area (TPSA) is 133 Å². The lowest BCUT2D eigenvalue weighted by Gasteiger charge is -2.31. The van der Waals surface area contributed by atoms with Gasteiger partial charge in [0.2, 0.25) is 5.91 Å². The van der Waals surface area contributed by atoms with Crippen molar-refractivity contribution in [1.29, 1.82) is 0 Å². The third-order valence-electron chi connectivity index (χ3n) is 3.90. The maximum absolute atomic E-state index is 12.6. The maximum atomic E-state index is 12.6. The number of aliphatic hydroxyl groups is 1. The number of carboxylic acids is 1. The highest BCUT2D eigenvalue weighted by Crippen LogP contribution is 2.33. The number of rotatable bonds is 4. The summed E-state index contributed by atoms with van der Waals surface area (Å²) in [5.41, 5.74) is 0.00415. The average Bonchev–Trinajstić information content (AvgIpc) is 2.78. The summed E-state index contributed by atoms with van der Waals surface area (Å²) < 4.78 is 5.07. The number of hydrogen-bond donors (Lipinski definition) is 3. The summed E-state index contributed by atoms with van der Waals surface area (Å²) in [6.45, 7) is -0.659. The summed E-state index contributed by atoms with van der Waals surface area (Å²) in [5, 5.41) is 20.4. The van der Waals surface area contributed by atoms with Crippen molar-refractivity contribution in [3.8, 4) is 5.75 Å². The monoisotopic (exact) mass is 334 g/mol. The number of nitrogens with one attached hydrogen (secondary N) is 1. The lowest BCUT2D eigenvalue weighted by molar-refractivity contribution is -0.139. The standard InChI is InChI=1S/C15H14N2O7/c18-10-5-4-8(13(21)16-10)17-14(22)7-2-1-3-9(12(7)15(17)23)24-6-11(19)20/h1-3,8,10,18H,4-6H2,(H,16,21)(H,19,20). The highest BCUT2D eigenvalue weighted by Gasteiger charge is 2.45. The molecule has 3 amide bonds. The molecule has 24 heavy (non-hydrogen) atoms. The normalized spacial score (nSPS) is 23.0. The molecule has 126 valence electrons. The van der Waals surface area contributed by atoms with Crippen LogP contribution in [0, 0.1) is 0 Å². The van der Waals surface area contributed by atoms with Gasteiger partial charge in [-0.2, -0.15) is 0 Å². The zero-order chi connectivity index (χ0) is 17.4. The van der Waals surface area contributed by atoms with E-state index in [-0.39, 0.29) is 29.7 Å². The molecular weight excluding hydrogens is 320 g/mol. The van der Waals surface area contributed by atoms with Crippen LogP contribution >= 0.6 is 0 Å². The molecule has 9 heteroatoms.